The van der Waals surface area contributed by atoms with Gasteiger partial charge in [0.2, 0.25) is 5.71 Å². The molecule has 0 aliphatic carbocycles. The fourth-order valence-electron chi connectivity index (χ4n) is 7.93. The molecule has 4 nitrogen and oxygen atoms in total. The van der Waals surface area contributed by atoms with E-state index in [0.717, 1.165) is 83.4 Å². The molecule has 0 fully saturated rings. The zero-order valence-electron chi connectivity index (χ0n) is 29.1. The lowest BCUT2D eigenvalue weighted by Gasteiger charge is -2.12. The zero-order valence-corrected chi connectivity index (χ0v) is 29.1. The van der Waals surface area contributed by atoms with Crippen molar-refractivity contribution in [3.63, 3.8) is 0 Å². The van der Waals surface area contributed by atoms with E-state index in [1.54, 1.807) is 0 Å². The molecular formula is C50H31N3O. The van der Waals surface area contributed by atoms with Gasteiger partial charge in [-0.2, -0.15) is 0 Å². The summed E-state index contributed by atoms with van der Waals surface area (Å²) < 4.78 is 8.78. The van der Waals surface area contributed by atoms with E-state index in [-0.39, 0.29) is 0 Å². The van der Waals surface area contributed by atoms with E-state index in [2.05, 4.69) is 180 Å². The number of benzene rings is 8. The first-order chi connectivity index (χ1) is 26.7. The summed E-state index contributed by atoms with van der Waals surface area (Å²) in [7, 11) is 0. The molecule has 0 saturated heterocycles. The van der Waals surface area contributed by atoms with Crippen molar-refractivity contribution >= 4 is 49.3 Å². The van der Waals surface area contributed by atoms with Crippen LogP contribution in [0.15, 0.2) is 192 Å². The van der Waals surface area contributed by atoms with Gasteiger partial charge < -0.3 is 4.42 Å². The normalized spacial score (nSPS) is 11.7. The fourth-order valence-corrected chi connectivity index (χ4v) is 7.93. The van der Waals surface area contributed by atoms with Crippen molar-refractivity contribution < 1.29 is 4.42 Å². The summed E-state index contributed by atoms with van der Waals surface area (Å²) in [5.74, 6) is 0.698. The summed E-state index contributed by atoms with van der Waals surface area (Å²) in [6.07, 6.45) is 0. The Labute approximate surface area is 311 Å². The van der Waals surface area contributed by atoms with Gasteiger partial charge in [0.25, 0.3) is 0 Å². The molecular weight excluding hydrogens is 659 g/mol. The third kappa shape index (κ3) is 5.00. The Kier molecular flexibility index (Phi) is 6.82. The summed E-state index contributed by atoms with van der Waals surface area (Å²) in [6.45, 7) is 0. The van der Waals surface area contributed by atoms with Gasteiger partial charge in [0.1, 0.15) is 0 Å². The average molecular weight is 690 g/mol. The molecule has 0 atom stereocenters. The minimum absolute atomic E-state index is 0.698. The molecule has 11 rings (SSSR count). The molecule has 11 aromatic rings. The van der Waals surface area contributed by atoms with Gasteiger partial charge in [0, 0.05) is 22.1 Å². The van der Waals surface area contributed by atoms with Crippen molar-refractivity contribution in [2.24, 2.45) is 0 Å². The van der Waals surface area contributed by atoms with Crippen molar-refractivity contribution in [3.8, 4) is 56.2 Å². The molecule has 252 valence electrons. The number of oxazole rings is 1. The first kappa shape index (κ1) is 30.3. The number of nitrogens with zero attached hydrogens (tertiary/aromatic N) is 3. The average Bonchev–Trinajstić information content (AvgIpc) is 3.78. The number of hydrogen-bond acceptors (Lipinski definition) is 3. The minimum Gasteiger partial charge on any atom is -0.438 e. The Morgan fingerprint density at radius 3 is 1.65 bits per heavy atom. The fraction of sp³-hybridized carbons (Fsp3) is 0. The van der Waals surface area contributed by atoms with Gasteiger partial charge in [0.15, 0.2) is 11.4 Å². The van der Waals surface area contributed by atoms with E-state index >= 15 is 0 Å². The van der Waals surface area contributed by atoms with Gasteiger partial charge in [-0.15, -0.1) is 0 Å². The number of para-hydroxylation sites is 3. The Hall–Kier alpha value is -7.30. The molecule has 4 heteroatoms. The van der Waals surface area contributed by atoms with Crippen LogP contribution in [0.4, 0.5) is 0 Å². The molecule has 0 amide bonds. The van der Waals surface area contributed by atoms with Crippen LogP contribution in [0, 0.1) is 0 Å². The second kappa shape index (κ2) is 12.1. The van der Waals surface area contributed by atoms with Crippen LogP contribution in [0.3, 0.4) is 0 Å². The second-order valence-electron chi connectivity index (χ2n) is 13.8. The van der Waals surface area contributed by atoms with E-state index < -0.39 is 0 Å². The quantitative estimate of drug-likeness (QED) is 0.181. The predicted octanol–water partition coefficient (Wildman–Crippen LogP) is 13.3. The van der Waals surface area contributed by atoms with Gasteiger partial charge in [0.05, 0.1) is 28.0 Å². The summed E-state index contributed by atoms with van der Waals surface area (Å²) in [4.78, 5) is 10.4. The highest BCUT2D eigenvalue weighted by molar-refractivity contribution is 6.07. The van der Waals surface area contributed by atoms with E-state index in [1.165, 1.54) is 16.2 Å². The highest BCUT2D eigenvalue weighted by Crippen LogP contribution is 2.40. The lowest BCUT2D eigenvalue weighted by Crippen LogP contribution is -1.96. The van der Waals surface area contributed by atoms with Gasteiger partial charge >= 0.3 is 0 Å². The Morgan fingerprint density at radius 1 is 0.370 bits per heavy atom. The largest absolute Gasteiger partial charge is 0.438 e. The van der Waals surface area contributed by atoms with Crippen LogP contribution in [0.5, 0.6) is 0 Å². The second-order valence-corrected chi connectivity index (χ2v) is 13.8. The number of rotatable bonds is 5. The zero-order chi connectivity index (χ0) is 35.6. The van der Waals surface area contributed by atoms with Crippen molar-refractivity contribution in [3.05, 3.63) is 188 Å². The maximum Gasteiger partial charge on any atom is 0.213 e. The Balaban J connectivity index is 1.05. The van der Waals surface area contributed by atoms with Crippen molar-refractivity contribution in [2.75, 3.05) is 0 Å². The van der Waals surface area contributed by atoms with Crippen molar-refractivity contribution in [2.45, 2.75) is 0 Å². The maximum atomic E-state index is 6.54. The summed E-state index contributed by atoms with van der Waals surface area (Å²) >= 11 is 0. The molecule has 0 N–H and O–H groups in total. The van der Waals surface area contributed by atoms with E-state index in [9.17, 15) is 0 Å². The van der Waals surface area contributed by atoms with Gasteiger partial charge in [-0.3, -0.25) is 4.40 Å². The lowest BCUT2D eigenvalue weighted by atomic mass is 9.96. The molecule has 3 aromatic heterocycles. The van der Waals surface area contributed by atoms with Crippen LogP contribution >= 0.6 is 0 Å². The molecule has 8 aromatic carbocycles. The highest BCUT2D eigenvalue weighted by atomic mass is 16.3. The predicted molar refractivity (Wildman–Crippen MR) is 222 cm³/mol. The molecule has 54 heavy (non-hydrogen) atoms. The molecule has 0 unspecified atom stereocenters. The smallest absolute Gasteiger partial charge is 0.213 e. The van der Waals surface area contributed by atoms with Crippen molar-refractivity contribution in [1.29, 1.82) is 0 Å². The Morgan fingerprint density at radius 2 is 0.907 bits per heavy atom. The molecule has 0 bridgehead atoms. The maximum absolute atomic E-state index is 6.54. The molecule has 0 aliphatic heterocycles. The molecule has 0 aliphatic rings. The van der Waals surface area contributed by atoms with Gasteiger partial charge in [-0.25, -0.2) is 9.97 Å². The summed E-state index contributed by atoms with van der Waals surface area (Å²) in [5, 5.41) is 5.90. The first-order valence-corrected chi connectivity index (χ1v) is 18.2. The molecule has 3 heterocycles. The lowest BCUT2D eigenvalue weighted by molar-refractivity contribution is 0.658. The summed E-state index contributed by atoms with van der Waals surface area (Å²) in [6, 6.07) is 66.2. The third-order valence-electron chi connectivity index (χ3n) is 10.6. The first-order valence-electron chi connectivity index (χ1n) is 18.2. The SMILES string of the molecule is c1cc(-c2cccc(-c3c4ccccc4n4c3oc3ccccc34)c2)cc(-c2cc(-c3ccc4ccccc4c3)nc(-c3ccc4ccccc4c3)n2)c1. The monoisotopic (exact) mass is 689 g/mol. The molecule has 0 saturated carbocycles. The van der Waals surface area contributed by atoms with Crippen LogP contribution in [-0.4, -0.2) is 14.4 Å². The van der Waals surface area contributed by atoms with Gasteiger partial charge in [-0.05, 0) is 86.8 Å². The molecule has 0 spiro atoms. The third-order valence-corrected chi connectivity index (χ3v) is 10.6. The minimum atomic E-state index is 0.698. The van der Waals surface area contributed by atoms with Crippen LogP contribution in [0.2, 0.25) is 0 Å². The van der Waals surface area contributed by atoms with E-state index in [4.69, 9.17) is 14.4 Å². The number of hydrogen-bond donors (Lipinski definition) is 0. The van der Waals surface area contributed by atoms with E-state index in [0.29, 0.717) is 5.82 Å². The standard InChI is InChI=1S/C50H31N3O/c1-3-13-34-27-39(25-23-32(34)11-1)44-31-43(51-49(52-44)41-26-24-33-12-2-4-14-35(33)30-41)38-17-9-15-36(28-38)37-16-10-18-40(29-37)48-42-19-5-6-20-45(42)53-46-21-7-8-22-47(46)54-50(48)53/h1-31H. The van der Waals surface area contributed by atoms with Crippen LogP contribution in [0.25, 0.3) is 105 Å². The van der Waals surface area contributed by atoms with Gasteiger partial charge in [-0.1, -0.05) is 140 Å². The van der Waals surface area contributed by atoms with Crippen LogP contribution in [-0.2, 0) is 0 Å². The van der Waals surface area contributed by atoms with Crippen LogP contribution < -0.4 is 0 Å². The summed E-state index contributed by atoms with van der Waals surface area (Å²) in [5.41, 5.74) is 13.2. The van der Waals surface area contributed by atoms with Crippen molar-refractivity contribution in [1.82, 2.24) is 14.4 Å². The number of fused-ring (bicyclic) bond motifs is 7. The van der Waals surface area contributed by atoms with Crippen LogP contribution in [0.1, 0.15) is 0 Å². The topological polar surface area (TPSA) is 43.3 Å². The van der Waals surface area contributed by atoms with E-state index in [1.807, 2.05) is 12.1 Å². The Bertz CT molecular complexity index is 3140. The highest BCUT2D eigenvalue weighted by Gasteiger charge is 2.20. The molecule has 0 radical (unpaired) electrons. The number of aromatic nitrogens is 3.